The van der Waals surface area contributed by atoms with Crippen molar-refractivity contribution in [2.75, 3.05) is 5.43 Å². The number of nitrogens with one attached hydrogen (secondary N) is 1. The quantitative estimate of drug-likeness (QED) is 0.884. The Kier molecular flexibility index (Phi) is 2.94. The van der Waals surface area contributed by atoms with Crippen molar-refractivity contribution in [1.82, 2.24) is 4.68 Å². The number of nitrogens with zero attached hydrogens (tertiary/aromatic N) is 1. The SMILES string of the molecule is Cc1ccc(C)n1NC1CCc2c(Br)cccc21. The monoisotopic (exact) mass is 304 g/mol. The number of aryl methyl sites for hydroxylation is 2. The van der Waals surface area contributed by atoms with E-state index in [2.05, 4.69) is 70.2 Å². The molecule has 1 N–H and O–H groups in total. The summed E-state index contributed by atoms with van der Waals surface area (Å²) in [6, 6.07) is 11.2. The number of benzene rings is 1. The molecule has 2 nitrogen and oxygen atoms in total. The van der Waals surface area contributed by atoms with Crippen LogP contribution in [0.3, 0.4) is 0 Å². The van der Waals surface area contributed by atoms with E-state index in [0.717, 1.165) is 12.8 Å². The minimum absolute atomic E-state index is 0.419. The van der Waals surface area contributed by atoms with Crippen LogP contribution in [0.5, 0.6) is 0 Å². The maximum absolute atomic E-state index is 3.65. The van der Waals surface area contributed by atoms with Gasteiger partial charge in [-0.1, -0.05) is 28.1 Å². The van der Waals surface area contributed by atoms with Gasteiger partial charge in [0, 0.05) is 15.9 Å². The van der Waals surface area contributed by atoms with E-state index in [1.807, 2.05) is 0 Å². The Hall–Kier alpha value is -1.22. The van der Waals surface area contributed by atoms with Crippen LogP contribution in [-0.2, 0) is 6.42 Å². The summed E-state index contributed by atoms with van der Waals surface area (Å²) in [6.45, 7) is 4.27. The van der Waals surface area contributed by atoms with Crippen molar-refractivity contribution in [3.8, 4) is 0 Å². The minimum atomic E-state index is 0.419. The Morgan fingerprint density at radius 1 is 1.17 bits per heavy atom. The van der Waals surface area contributed by atoms with Gasteiger partial charge in [0.25, 0.3) is 0 Å². The molecular formula is C15H17BrN2. The van der Waals surface area contributed by atoms with Crippen molar-refractivity contribution in [3.05, 3.63) is 57.3 Å². The zero-order valence-corrected chi connectivity index (χ0v) is 12.3. The van der Waals surface area contributed by atoms with Crippen LogP contribution in [0.2, 0.25) is 0 Å². The summed E-state index contributed by atoms with van der Waals surface area (Å²) < 4.78 is 3.44. The number of rotatable bonds is 2. The number of hydrogen-bond acceptors (Lipinski definition) is 1. The van der Waals surface area contributed by atoms with Crippen molar-refractivity contribution in [3.63, 3.8) is 0 Å². The molecule has 0 saturated heterocycles. The van der Waals surface area contributed by atoms with E-state index in [1.165, 1.54) is 27.0 Å². The van der Waals surface area contributed by atoms with Crippen LogP contribution in [-0.4, -0.2) is 4.68 Å². The predicted octanol–water partition coefficient (Wildman–Crippen LogP) is 4.10. The van der Waals surface area contributed by atoms with E-state index < -0.39 is 0 Å². The molecular weight excluding hydrogens is 288 g/mol. The number of fused-ring (bicyclic) bond motifs is 1. The summed E-state index contributed by atoms with van der Waals surface area (Å²) in [5.41, 5.74) is 9.04. The van der Waals surface area contributed by atoms with Crippen molar-refractivity contribution in [2.45, 2.75) is 32.7 Å². The van der Waals surface area contributed by atoms with Gasteiger partial charge < -0.3 is 5.43 Å². The average molecular weight is 305 g/mol. The van der Waals surface area contributed by atoms with Crippen LogP contribution in [0.25, 0.3) is 0 Å². The zero-order valence-electron chi connectivity index (χ0n) is 10.7. The van der Waals surface area contributed by atoms with Crippen LogP contribution >= 0.6 is 15.9 Å². The molecule has 1 atom stereocenters. The Bertz CT molecular complexity index is 567. The van der Waals surface area contributed by atoms with Crippen molar-refractivity contribution in [2.24, 2.45) is 0 Å². The predicted molar refractivity (Wildman–Crippen MR) is 78.5 cm³/mol. The maximum atomic E-state index is 3.65. The van der Waals surface area contributed by atoms with Crippen molar-refractivity contribution < 1.29 is 0 Å². The molecule has 1 aliphatic carbocycles. The van der Waals surface area contributed by atoms with Crippen molar-refractivity contribution in [1.29, 1.82) is 0 Å². The molecule has 0 fully saturated rings. The van der Waals surface area contributed by atoms with Crippen molar-refractivity contribution >= 4 is 15.9 Å². The van der Waals surface area contributed by atoms with E-state index in [0.29, 0.717) is 6.04 Å². The van der Waals surface area contributed by atoms with Gasteiger partial charge in [0.1, 0.15) is 0 Å². The maximum Gasteiger partial charge on any atom is 0.0680 e. The fourth-order valence-electron chi connectivity index (χ4n) is 2.77. The highest BCUT2D eigenvalue weighted by atomic mass is 79.9. The lowest BCUT2D eigenvalue weighted by atomic mass is 10.1. The largest absolute Gasteiger partial charge is 0.318 e. The molecule has 94 valence electrons. The lowest BCUT2D eigenvalue weighted by Gasteiger charge is -2.20. The highest BCUT2D eigenvalue weighted by molar-refractivity contribution is 9.10. The first-order valence-electron chi connectivity index (χ1n) is 6.35. The zero-order chi connectivity index (χ0) is 12.7. The summed E-state index contributed by atoms with van der Waals surface area (Å²) in [5, 5.41) is 0. The third kappa shape index (κ3) is 1.87. The highest BCUT2D eigenvalue weighted by Crippen LogP contribution is 2.36. The van der Waals surface area contributed by atoms with Crippen LogP contribution < -0.4 is 5.43 Å². The molecule has 18 heavy (non-hydrogen) atoms. The Morgan fingerprint density at radius 3 is 2.61 bits per heavy atom. The van der Waals surface area contributed by atoms with Gasteiger partial charge in [-0.2, -0.15) is 0 Å². The van der Waals surface area contributed by atoms with Crippen LogP contribution in [0.15, 0.2) is 34.8 Å². The van der Waals surface area contributed by atoms with Gasteiger partial charge in [0.2, 0.25) is 0 Å². The molecule has 3 rings (SSSR count). The molecule has 0 bridgehead atoms. The molecule has 0 radical (unpaired) electrons. The summed E-state index contributed by atoms with van der Waals surface area (Å²) in [4.78, 5) is 0. The molecule has 1 aliphatic rings. The molecule has 1 heterocycles. The second kappa shape index (κ2) is 4.47. The first-order valence-corrected chi connectivity index (χ1v) is 7.15. The van der Waals surface area contributed by atoms with E-state index in [9.17, 15) is 0 Å². The Balaban J connectivity index is 1.92. The summed E-state index contributed by atoms with van der Waals surface area (Å²) in [6.07, 6.45) is 2.31. The molecule has 0 saturated carbocycles. The molecule has 2 aromatic rings. The Morgan fingerprint density at radius 2 is 1.89 bits per heavy atom. The fourth-order valence-corrected chi connectivity index (χ4v) is 3.35. The molecule has 0 spiro atoms. The van der Waals surface area contributed by atoms with Gasteiger partial charge in [-0.25, -0.2) is 0 Å². The lowest BCUT2D eigenvalue weighted by Crippen LogP contribution is -2.21. The van der Waals surface area contributed by atoms with Gasteiger partial charge in [0.15, 0.2) is 0 Å². The van der Waals surface area contributed by atoms with Crippen LogP contribution in [0.1, 0.15) is 35.0 Å². The van der Waals surface area contributed by atoms with E-state index in [1.54, 1.807) is 0 Å². The van der Waals surface area contributed by atoms with Gasteiger partial charge in [-0.15, -0.1) is 0 Å². The average Bonchev–Trinajstić information content (AvgIpc) is 2.89. The topological polar surface area (TPSA) is 17.0 Å². The first kappa shape index (κ1) is 11.8. The second-order valence-electron chi connectivity index (χ2n) is 4.98. The molecule has 0 aliphatic heterocycles. The standard InChI is InChI=1S/C15H17BrN2/c1-10-6-7-11(2)18(10)17-15-9-8-12-13(15)4-3-5-14(12)16/h3-7,15,17H,8-9H2,1-2H3. The van der Waals surface area contributed by atoms with E-state index in [4.69, 9.17) is 0 Å². The van der Waals surface area contributed by atoms with Crippen LogP contribution in [0, 0.1) is 13.8 Å². The van der Waals surface area contributed by atoms with Gasteiger partial charge in [-0.3, -0.25) is 4.68 Å². The van der Waals surface area contributed by atoms with Crippen LogP contribution in [0.4, 0.5) is 0 Å². The summed E-state index contributed by atoms with van der Waals surface area (Å²) in [7, 11) is 0. The number of hydrogen-bond donors (Lipinski definition) is 1. The number of aromatic nitrogens is 1. The first-order chi connectivity index (χ1) is 8.66. The normalized spacial score (nSPS) is 17.8. The third-order valence-electron chi connectivity index (χ3n) is 3.77. The van der Waals surface area contributed by atoms with Gasteiger partial charge in [0.05, 0.1) is 6.04 Å². The molecule has 1 aromatic heterocycles. The fraction of sp³-hybridized carbons (Fsp3) is 0.333. The lowest BCUT2D eigenvalue weighted by molar-refractivity contribution is 0.647. The van der Waals surface area contributed by atoms with Gasteiger partial charge in [-0.05, 0) is 56.0 Å². The van der Waals surface area contributed by atoms with E-state index >= 15 is 0 Å². The third-order valence-corrected chi connectivity index (χ3v) is 4.51. The Labute approximate surface area is 116 Å². The molecule has 1 aromatic carbocycles. The number of halogens is 1. The second-order valence-corrected chi connectivity index (χ2v) is 5.83. The molecule has 3 heteroatoms. The molecule has 0 amide bonds. The highest BCUT2D eigenvalue weighted by Gasteiger charge is 2.24. The smallest absolute Gasteiger partial charge is 0.0680 e. The minimum Gasteiger partial charge on any atom is -0.318 e. The van der Waals surface area contributed by atoms with Gasteiger partial charge >= 0.3 is 0 Å². The summed E-state index contributed by atoms with van der Waals surface area (Å²) >= 11 is 3.65. The molecule has 1 unspecified atom stereocenters. The summed E-state index contributed by atoms with van der Waals surface area (Å²) in [5.74, 6) is 0. The van der Waals surface area contributed by atoms with E-state index in [-0.39, 0.29) is 0 Å².